The van der Waals surface area contributed by atoms with Crippen LogP contribution in [-0.2, 0) is 5.41 Å². The topological polar surface area (TPSA) is 29.9 Å². The molecule has 13 aromatic carbocycles. The molecule has 5 aliphatic rings. The molecule has 1 aromatic heterocycles. The first kappa shape index (κ1) is 35.6. The summed E-state index contributed by atoms with van der Waals surface area (Å²) in [5, 5.41) is -0.176. The zero-order valence-electron chi connectivity index (χ0n) is 66.0. The Kier molecular flexibility index (Phi) is 7.49. The van der Waals surface area contributed by atoms with Crippen molar-refractivity contribution in [2.24, 2.45) is 0 Å². The van der Waals surface area contributed by atoms with E-state index in [1.54, 1.807) is 4.57 Å². The van der Waals surface area contributed by atoms with E-state index in [-0.39, 0.29) is 95.2 Å². The lowest BCUT2D eigenvalue weighted by Crippen LogP contribution is -2.66. The predicted molar refractivity (Wildman–Crippen MR) is 372 cm³/mol. The van der Waals surface area contributed by atoms with Crippen LogP contribution in [0, 0.1) is 0 Å². The van der Waals surface area contributed by atoms with Crippen molar-refractivity contribution in [1.82, 2.24) is 4.57 Å². The lowest BCUT2D eigenvalue weighted by molar-refractivity contribution is 0.466. The first-order valence-corrected chi connectivity index (χ1v) is 29.6. The molecule has 0 unspecified atom stereocenters. The van der Waals surface area contributed by atoms with E-state index < -0.39 is 133 Å². The zero-order chi connectivity index (χ0) is 74.5. The molecule has 5 aliphatic heterocycles. The van der Waals surface area contributed by atoms with Crippen molar-refractivity contribution in [1.29, 1.82) is 0 Å². The number of hydrogen-bond donors (Lipinski definition) is 0. The Morgan fingerprint density at radius 2 is 0.899 bits per heavy atom. The van der Waals surface area contributed by atoms with Gasteiger partial charge in [0.15, 0.2) is 0 Å². The van der Waals surface area contributed by atoms with Crippen LogP contribution < -0.4 is 52.1 Å². The van der Waals surface area contributed by atoms with Crippen molar-refractivity contribution in [3.05, 3.63) is 284 Å². The maximum absolute atomic E-state index is 11.9. The number of para-hydroxylation sites is 3. The number of anilines is 6. The molecular formula is C82H55B2N3O2. The molecule has 0 radical (unpaired) electrons. The van der Waals surface area contributed by atoms with Gasteiger partial charge in [-0.2, -0.15) is 0 Å². The highest BCUT2D eigenvalue weighted by atomic mass is 16.5. The summed E-state index contributed by atoms with van der Waals surface area (Å²) < 4.78 is 195. The highest BCUT2D eigenvalue weighted by Crippen LogP contribution is 2.56. The Morgan fingerprint density at radius 3 is 1.48 bits per heavy atom. The number of benzene rings is 13. The fourth-order valence-corrected chi connectivity index (χ4v) is 14.4. The zero-order valence-corrected chi connectivity index (χ0v) is 48.0. The van der Waals surface area contributed by atoms with E-state index >= 15 is 0 Å². The number of rotatable bonds is 7. The maximum Gasteiger partial charge on any atom is 0.266 e. The second-order valence-electron chi connectivity index (χ2n) is 24.0. The normalized spacial score (nSPS) is 16.3. The average Bonchev–Trinajstić information content (AvgIpc) is 1.65. The summed E-state index contributed by atoms with van der Waals surface area (Å²) in [6, 6.07) is 44.0. The SMILES string of the molecule is [2H]c1c([2H])c([2H])c(-c2c([2H])c([2H])c3c(c2[2H])N(c2c(-c4ccccc4)cccc2-c2ccccc2)c2cc(C(C)(C)C)cc4c2B3c2c3c5c(c([2H])c2N4c2c(-c4ccccc4)cccc2-c2ccccc2)-n2c4c([2H])c([2H])c([2H])c([2H])c4c4c([2H])c([2H])c6c(c42)B5c2c(c([2H])c([2H])c([2H])c2O6)O3)c([2H])c1[2H]. The Labute approximate surface area is 543 Å². The van der Waals surface area contributed by atoms with E-state index in [1.807, 2.05) is 174 Å². The molecule has 14 aromatic rings. The average molecular weight is 1150 g/mol. The quantitative estimate of drug-likeness (QED) is 0.149. The minimum atomic E-state index is -1.47. The van der Waals surface area contributed by atoms with Gasteiger partial charge < -0.3 is 23.8 Å². The fraction of sp³-hybridized carbons (Fsp3) is 0.0488. The molecule has 416 valence electrons. The van der Waals surface area contributed by atoms with E-state index in [2.05, 4.69) is 26.8 Å². The van der Waals surface area contributed by atoms with Gasteiger partial charge in [0.2, 0.25) is 0 Å². The van der Waals surface area contributed by atoms with E-state index in [9.17, 15) is 20.6 Å². The van der Waals surface area contributed by atoms with Crippen LogP contribution in [0.4, 0.5) is 34.1 Å². The van der Waals surface area contributed by atoms with E-state index in [4.69, 9.17) is 13.6 Å². The van der Waals surface area contributed by atoms with Crippen LogP contribution in [0.5, 0.6) is 23.0 Å². The van der Waals surface area contributed by atoms with E-state index in [0.717, 1.165) is 22.3 Å². The Bertz CT molecular complexity index is 6290. The number of hydrogen-bond acceptors (Lipinski definition) is 4. The number of fused-ring (bicyclic) bond motifs is 9. The van der Waals surface area contributed by atoms with Crippen LogP contribution in [0.25, 0.3) is 83.1 Å². The molecule has 0 saturated heterocycles. The molecule has 6 heterocycles. The van der Waals surface area contributed by atoms with Crippen molar-refractivity contribution >= 4 is 102 Å². The predicted octanol–water partition coefficient (Wildman–Crippen LogP) is 17.5. The lowest BCUT2D eigenvalue weighted by Gasteiger charge is -2.48. The molecule has 89 heavy (non-hydrogen) atoms. The first-order chi connectivity index (χ1) is 51.3. The van der Waals surface area contributed by atoms with Crippen molar-refractivity contribution in [2.75, 3.05) is 9.80 Å². The summed E-state index contributed by atoms with van der Waals surface area (Å²) in [5.41, 5.74) is 7.29. The largest absolute Gasteiger partial charge is 0.459 e. The molecule has 5 nitrogen and oxygen atoms in total. The second kappa shape index (κ2) is 18.7. The summed E-state index contributed by atoms with van der Waals surface area (Å²) >= 11 is 0. The molecule has 0 atom stereocenters. The van der Waals surface area contributed by atoms with Crippen molar-refractivity contribution in [2.45, 2.75) is 26.2 Å². The number of aromatic nitrogens is 1. The van der Waals surface area contributed by atoms with Crippen LogP contribution in [0.2, 0.25) is 0 Å². The van der Waals surface area contributed by atoms with Crippen LogP contribution in [0.3, 0.4) is 0 Å². The summed E-state index contributed by atoms with van der Waals surface area (Å²) in [6.45, 7) is 3.40. The van der Waals surface area contributed by atoms with Gasteiger partial charge in [-0.25, -0.2) is 0 Å². The molecule has 0 amide bonds. The van der Waals surface area contributed by atoms with Gasteiger partial charge in [0.1, 0.15) is 23.0 Å². The molecule has 0 spiro atoms. The monoisotopic (exact) mass is 1150 g/mol. The van der Waals surface area contributed by atoms with Crippen LogP contribution in [-0.4, -0.2) is 18.0 Å². The van der Waals surface area contributed by atoms with Crippen molar-refractivity contribution in [3.8, 4) is 84.3 Å². The van der Waals surface area contributed by atoms with Crippen LogP contribution >= 0.6 is 0 Å². The summed E-state index contributed by atoms with van der Waals surface area (Å²) in [7, 11) is 0. The number of ether oxygens (including phenoxy) is 2. The molecule has 0 N–H and O–H groups in total. The van der Waals surface area contributed by atoms with Crippen molar-refractivity contribution < 1.29 is 34.1 Å². The van der Waals surface area contributed by atoms with Crippen LogP contribution in [0.15, 0.2) is 279 Å². The smallest absolute Gasteiger partial charge is 0.266 e. The van der Waals surface area contributed by atoms with E-state index in [0.29, 0.717) is 56.0 Å². The Morgan fingerprint density at radius 1 is 0.371 bits per heavy atom. The molecular weight excluding hydrogens is 1080 g/mol. The van der Waals surface area contributed by atoms with E-state index in [1.165, 1.54) is 0 Å². The molecule has 0 bridgehead atoms. The molecule has 0 fully saturated rings. The van der Waals surface area contributed by atoms with Gasteiger partial charge in [-0.05, 0) is 126 Å². The standard InChI is InChI=1S/C82H55B2N3O2/c1-82(2,3)56-47-66-73-67(48-56)87(79-59(53-30-15-7-16-31-53)37-22-38-60(79)54-32-17-8-18-33-54)68-49-69-75-81(89-71-41-23-40-70-76(71)84(75)77-72(88-70)45-43-62-61-34-19-20-39-64(61)85(69)80(62)77)74(68)83(73)63-44-42-55(50-24-9-4-10-25-50)46-65(63)86(66)78-57(51-26-11-5-12-27-51)35-21-36-58(78)52-28-13-6-14-29-52/h4-49H,1-3H3/i4D,9D,10D,19D,20D,23D,24D,25D,34D,39D,40D,41D,42D,43D,44D,45D,46D,49D. The Hall–Kier alpha value is -11.0. The molecule has 0 saturated carbocycles. The molecule has 0 aliphatic carbocycles. The lowest BCUT2D eigenvalue weighted by atomic mass is 9.29. The summed E-state index contributed by atoms with van der Waals surface area (Å²) in [5.74, 6) is -0.823. The highest BCUT2D eigenvalue weighted by molar-refractivity contribution is 7.04. The van der Waals surface area contributed by atoms with Gasteiger partial charge in [0.05, 0.1) is 47.1 Å². The molecule has 19 rings (SSSR count). The molecule has 7 heteroatoms. The van der Waals surface area contributed by atoms with Gasteiger partial charge >= 0.3 is 0 Å². The van der Waals surface area contributed by atoms with Gasteiger partial charge in [-0.3, -0.25) is 0 Å². The van der Waals surface area contributed by atoms with Crippen molar-refractivity contribution in [3.63, 3.8) is 0 Å². The van der Waals surface area contributed by atoms with Gasteiger partial charge in [-0.15, -0.1) is 0 Å². The third kappa shape index (κ3) is 7.15. The first-order valence-electron chi connectivity index (χ1n) is 38.6. The maximum atomic E-state index is 11.9. The minimum absolute atomic E-state index is 0.0121. The minimum Gasteiger partial charge on any atom is -0.459 e. The fourth-order valence-electron chi connectivity index (χ4n) is 14.4. The number of nitrogens with zero attached hydrogens (tertiary/aromatic N) is 3. The Balaban J connectivity index is 1.10. The van der Waals surface area contributed by atoms with Gasteiger partial charge in [0.25, 0.3) is 13.4 Å². The third-order valence-corrected chi connectivity index (χ3v) is 18.2. The van der Waals surface area contributed by atoms with Gasteiger partial charge in [-0.1, -0.05) is 245 Å². The van der Waals surface area contributed by atoms with Gasteiger partial charge in [0, 0.05) is 66.9 Å². The highest BCUT2D eigenvalue weighted by Gasteiger charge is 2.53. The summed E-state index contributed by atoms with van der Waals surface area (Å²) in [4.78, 5) is 3.94. The second-order valence-corrected chi connectivity index (χ2v) is 24.0. The van der Waals surface area contributed by atoms with Crippen LogP contribution in [0.1, 0.15) is 51.0 Å². The third-order valence-electron chi connectivity index (χ3n) is 18.2. The summed E-state index contributed by atoms with van der Waals surface area (Å²) in [6.07, 6.45) is 0.